The highest BCUT2D eigenvalue weighted by Crippen LogP contribution is 2.45. The minimum Gasteiger partial charge on any atom is -0.494 e. The van der Waals surface area contributed by atoms with Crippen LogP contribution in [0.1, 0.15) is 142 Å². The molecule has 1 N–H and O–H groups in total. The average molecular weight is 1560 g/mol. The molecule has 0 radical (unpaired) electrons. The molecule has 7 heterocycles. The number of nitrogens with one attached hydrogen (secondary N) is 1. The summed E-state index contributed by atoms with van der Waals surface area (Å²) < 4.78 is 121. The van der Waals surface area contributed by atoms with E-state index in [1.54, 1.807) is 67.9 Å². The fraction of sp³-hybridized carbons (Fsp3) is 0.512. The number of carbonyl (C=O) groups is 3. The quantitative estimate of drug-likeness (QED) is 0.0165. The lowest BCUT2D eigenvalue weighted by Gasteiger charge is -2.42. The first-order valence-corrected chi connectivity index (χ1v) is 41.9. The Morgan fingerprint density at radius 3 is 2.29 bits per heavy atom. The highest BCUT2D eigenvalue weighted by molar-refractivity contribution is 7.89. The number of hydrogen-bond donors (Lipinski definition) is 1. The summed E-state index contributed by atoms with van der Waals surface area (Å²) in [6.07, 6.45) is 3.03. The van der Waals surface area contributed by atoms with Crippen molar-refractivity contribution < 1.29 is 74.2 Å². The second-order valence-electron chi connectivity index (χ2n) is 31.3. The van der Waals surface area contributed by atoms with Crippen LogP contribution in [0.4, 0.5) is 19.4 Å². The number of ether oxygens (including phenoxy) is 9. The molecule has 0 spiro atoms. The summed E-state index contributed by atoms with van der Waals surface area (Å²) >= 11 is 0. The van der Waals surface area contributed by atoms with E-state index in [2.05, 4.69) is 68.6 Å². The highest BCUT2D eigenvalue weighted by Gasteiger charge is 2.49. The molecule has 3 aromatic heterocycles. The average Bonchev–Trinajstić information content (AvgIpc) is 1.56. The van der Waals surface area contributed by atoms with Crippen molar-refractivity contribution >= 4 is 74.6 Å². The van der Waals surface area contributed by atoms with Crippen LogP contribution in [0, 0.1) is 30.0 Å². The van der Waals surface area contributed by atoms with Gasteiger partial charge in [-0.2, -0.15) is 14.3 Å². The zero-order chi connectivity index (χ0) is 79.6. The van der Waals surface area contributed by atoms with Crippen LogP contribution >= 0.6 is 0 Å². The number of pyridine rings is 1. The molecule has 4 aliphatic rings. The van der Waals surface area contributed by atoms with Gasteiger partial charge in [0.1, 0.15) is 100 Å². The molecule has 111 heavy (non-hydrogen) atoms. The third-order valence-electron chi connectivity index (χ3n) is 22.1. The van der Waals surface area contributed by atoms with Crippen LogP contribution in [-0.4, -0.2) is 202 Å². The van der Waals surface area contributed by atoms with E-state index in [1.807, 2.05) is 74.9 Å². The minimum atomic E-state index is -4.14. The number of nitrogens with zero attached hydrogens (tertiary/aromatic N) is 10. The Hall–Kier alpha value is -9.31. The van der Waals surface area contributed by atoms with E-state index in [4.69, 9.17) is 57.6 Å². The van der Waals surface area contributed by atoms with Crippen LogP contribution in [0.25, 0.3) is 44.0 Å². The summed E-state index contributed by atoms with van der Waals surface area (Å²) in [7, 11) is 0.109. The maximum Gasteiger partial charge on any atom is 0.410 e. The van der Waals surface area contributed by atoms with E-state index in [0.29, 0.717) is 90.2 Å². The van der Waals surface area contributed by atoms with Crippen molar-refractivity contribution in [1.29, 1.82) is 0 Å². The number of esters is 1. The van der Waals surface area contributed by atoms with Crippen molar-refractivity contribution in [3.05, 3.63) is 118 Å². The van der Waals surface area contributed by atoms with Crippen molar-refractivity contribution in [2.24, 2.45) is 7.05 Å². The topological polar surface area (TPSA) is 263 Å². The lowest BCUT2D eigenvalue weighted by molar-refractivity contribution is -0.143. The zero-order valence-corrected chi connectivity index (χ0v) is 68.2. The van der Waals surface area contributed by atoms with E-state index in [1.165, 1.54) is 29.7 Å². The molecule has 5 aromatic carbocycles. The summed E-state index contributed by atoms with van der Waals surface area (Å²) in [6, 6.07) is 19.8. The Morgan fingerprint density at radius 1 is 0.856 bits per heavy atom. The number of likely N-dealkylation sites (N-methyl/N-ethyl adjacent to an activating group) is 1. The largest absolute Gasteiger partial charge is 0.494 e. The molecule has 5 atom stereocenters. The molecular weight excluding hydrogens is 1460 g/mol. The Kier molecular flexibility index (Phi) is 24.5. The summed E-state index contributed by atoms with van der Waals surface area (Å²) in [5.74, 6) is 2.38. The number of aromatic nitrogens is 6. The fourth-order valence-electron chi connectivity index (χ4n) is 16.6. The second-order valence-corrected chi connectivity index (χ2v) is 38.8. The Bertz CT molecular complexity index is 4960. The van der Waals surface area contributed by atoms with Crippen LogP contribution in [-0.2, 0) is 52.2 Å². The van der Waals surface area contributed by atoms with E-state index >= 15 is 8.78 Å². The van der Waals surface area contributed by atoms with Crippen LogP contribution in [0.5, 0.6) is 29.0 Å². The number of anilines is 1. The number of piperazine rings is 1. The number of rotatable bonds is 27. The zero-order valence-electron chi connectivity index (χ0n) is 66.4. The van der Waals surface area contributed by atoms with E-state index in [0.717, 1.165) is 22.3 Å². The van der Waals surface area contributed by atoms with Gasteiger partial charge in [-0.25, -0.2) is 26.7 Å². The highest BCUT2D eigenvalue weighted by atomic mass is 32.2. The number of methoxy groups -OCH3 is 2. The lowest BCUT2D eigenvalue weighted by atomic mass is 9.86. The molecule has 0 saturated carbocycles. The summed E-state index contributed by atoms with van der Waals surface area (Å²) in [6.45, 7) is 25.7. The summed E-state index contributed by atoms with van der Waals surface area (Å²) in [4.78, 5) is 62.0. The smallest absolute Gasteiger partial charge is 0.410 e. The molecule has 1 unspecified atom stereocenters. The van der Waals surface area contributed by atoms with Gasteiger partial charge in [-0.3, -0.25) is 24.4 Å². The number of carbonyl (C=O) groups excluding carboxylic acids is 3. The number of benzene rings is 5. The van der Waals surface area contributed by atoms with Crippen molar-refractivity contribution in [3.63, 3.8) is 0 Å². The molecule has 2 bridgehead atoms. The summed E-state index contributed by atoms with van der Waals surface area (Å²) in [5, 5.41) is 12.7. The molecule has 12 rings (SSSR count). The monoisotopic (exact) mass is 1560 g/mol. The fourth-order valence-corrected chi connectivity index (χ4v) is 23.4. The van der Waals surface area contributed by atoms with Crippen LogP contribution in [0.3, 0.4) is 0 Å². The predicted octanol–water partition coefficient (Wildman–Crippen LogP) is 13.0. The molecule has 594 valence electrons. The van der Waals surface area contributed by atoms with Gasteiger partial charge in [-0.05, 0) is 168 Å². The number of fused-ring (bicyclic) bond motifs is 6. The van der Waals surface area contributed by atoms with Gasteiger partial charge in [0.25, 0.3) is 0 Å². The Labute approximate surface area is 649 Å². The first-order valence-electron chi connectivity index (χ1n) is 38.2. The molecule has 4 aliphatic heterocycles. The van der Waals surface area contributed by atoms with Gasteiger partial charge in [0.05, 0.1) is 62.9 Å². The lowest BCUT2D eigenvalue weighted by Crippen LogP contribution is -2.58. The molecule has 25 nitrogen and oxygen atoms in total. The SMILES string of the molecule is CCOC(=O)CC(c1ccc(C)c(CN2C[C@@H](C)Oc3cc(OCCOCCNC(=O)[C@]4(COc5nc(N6C[C@H]7CC[C@@H](C6)N7C(=O)OC(C)(C)C)c6cnc(-c7cc(OCOC)cc8ccc(F)c(C#C[Si](C(C)C)(C(C)C)C(C)C)c78)c(F)c6n5)CCCN4C)ccc3S2(=O)=O)c1)c1cc(OC)c2c(c1)nnn2C. The minimum absolute atomic E-state index is 0.00804. The van der Waals surface area contributed by atoms with E-state index in [9.17, 15) is 22.8 Å². The molecule has 0 aliphatic carbocycles. The van der Waals surface area contributed by atoms with Crippen molar-refractivity contribution in [3.8, 4) is 51.7 Å². The second kappa shape index (κ2) is 33.6. The van der Waals surface area contributed by atoms with Gasteiger partial charge in [-0.15, -0.1) is 10.6 Å². The number of sulfonamides is 1. The van der Waals surface area contributed by atoms with Gasteiger partial charge in [-0.1, -0.05) is 76.9 Å². The number of amides is 2. The Morgan fingerprint density at radius 2 is 1.60 bits per heavy atom. The Balaban J connectivity index is 0.748. The van der Waals surface area contributed by atoms with Crippen molar-refractivity contribution in [2.45, 2.75) is 178 Å². The maximum atomic E-state index is 18.5. The van der Waals surface area contributed by atoms with Crippen molar-refractivity contribution in [1.82, 2.24) is 49.4 Å². The van der Waals surface area contributed by atoms with Gasteiger partial charge >= 0.3 is 18.1 Å². The first-order chi connectivity index (χ1) is 52.9. The van der Waals surface area contributed by atoms with Gasteiger partial charge in [0, 0.05) is 69.5 Å². The third kappa shape index (κ3) is 16.8. The normalized spacial score (nSPS) is 18.9. The van der Waals surface area contributed by atoms with Gasteiger partial charge in [0.2, 0.25) is 15.9 Å². The van der Waals surface area contributed by atoms with Crippen LogP contribution in [0.2, 0.25) is 16.6 Å². The number of likely N-dealkylation sites (tertiary alicyclic amines) is 1. The molecule has 8 aromatic rings. The first kappa shape index (κ1) is 81.2. The van der Waals surface area contributed by atoms with Gasteiger partial charge < -0.3 is 52.8 Å². The van der Waals surface area contributed by atoms with Gasteiger partial charge in [0.15, 0.2) is 12.6 Å². The molecular formula is C82H103F2N11O14SSi. The summed E-state index contributed by atoms with van der Waals surface area (Å²) in [5.41, 5.74) is 6.92. The van der Waals surface area contributed by atoms with Crippen molar-refractivity contribution in [2.75, 3.05) is 98.7 Å². The van der Waals surface area contributed by atoms with Crippen LogP contribution in [0.15, 0.2) is 83.9 Å². The molecule has 3 saturated heterocycles. The van der Waals surface area contributed by atoms with E-state index < -0.39 is 65.0 Å². The third-order valence-corrected chi connectivity index (χ3v) is 30.2. The van der Waals surface area contributed by atoms with Crippen LogP contribution < -0.4 is 33.9 Å². The predicted molar refractivity (Wildman–Crippen MR) is 421 cm³/mol. The molecule has 3 fully saturated rings. The standard InChI is InChI=1S/C82H103F2N11O14SSi/c1-17-104-71(96)41-63(56-37-67-76(69(38-56)102-16)92(14)90-89-67)54-20-19-52(8)57(35-54)44-94-43-53(9)108-68-40-60(24-26-70(68)110(94,99)100)105-33-32-103-31-29-85-78(97)82(28-18-30-91(82)13)47-106-79-87-75-65(77(88-79)93-45-58-22-23-59(46-93)95(58)80(98)109-81(10,11)12)42-86-74(73(75)84)64-39-61(107-48-101-15)36-55-21-25-66(83)62(72(55)64)27-34-111(49(2)3,50(4)5)51(6)7/h19-21,24-26,35-40,42,49-51,53,58-59,63H,17-18,22-23,28-33,41,43-48H2,1-16H3,(H,85,97)/t53-,58-,59+,63?,82-/m1/s1. The maximum absolute atomic E-state index is 18.5. The van der Waals surface area contributed by atoms with E-state index in [-0.39, 0.29) is 145 Å². The number of aryl methyl sites for hydroxylation is 2. The number of hydrogen-bond acceptors (Lipinski definition) is 21. The molecule has 29 heteroatoms. The number of halogens is 2. The molecule has 2 amide bonds.